The molecule has 1 heterocycles. The van der Waals surface area contributed by atoms with E-state index in [4.69, 9.17) is 9.63 Å². The van der Waals surface area contributed by atoms with Gasteiger partial charge in [-0.3, -0.25) is 4.79 Å². The number of aliphatic hydroxyl groups excluding tert-OH is 1. The van der Waals surface area contributed by atoms with Crippen molar-refractivity contribution in [2.75, 3.05) is 5.32 Å². The minimum atomic E-state index is -0.349. The number of anilines is 1. The number of nitrogens with zero attached hydrogens (tertiary/aromatic N) is 1. The zero-order chi connectivity index (χ0) is 14.0. The van der Waals surface area contributed by atoms with Crippen LogP contribution in [0.3, 0.4) is 0 Å². The zero-order valence-electron chi connectivity index (χ0n) is 11.2. The fourth-order valence-electron chi connectivity index (χ4n) is 2.05. The Labute approximate surface area is 111 Å². The second-order valence-electron chi connectivity index (χ2n) is 4.56. The summed E-state index contributed by atoms with van der Waals surface area (Å²) in [5.74, 6) is -0.0824. The Morgan fingerprint density at radius 2 is 1.89 bits per heavy atom. The Morgan fingerprint density at radius 1 is 1.26 bits per heavy atom. The van der Waals surface area contributed by atoms with Crippen molar-refractivity contribution in [2.45, 2.75) is 27.4 Å². The van der Waals surface area contributed by atoms with Crippen molar-refractivity contribution in [3.8, 4) is 0 Å². The van der Waals surface area contributed by atoms with Crippen LogP contribution in [0.1, 0.15) is 32.9 Å². The molecular weight excluding hydrogens is 244 g/mol. The summed E-state index contributed by atoms with van der Waals surface area (Å²) in [5, 5.41) is 15.3. The van der Waals surface area contributed by atoms with Crippen LogP contribution in [0.4, 0.5) is 5.69 Å². The number of carbonyl (C=O) groups is 1. The Kier molecular flexibility index (Phi) is 3.66. The lowest BCUT2D eigenvalue weighted by atomic mass is 10.1. The number of aryl methyl sites for hydroxylation is 3. The van der Waals surface area contributed by atoms with Crippen molar-refractivity contribution in [1.82, 2.24) is 5.16 Å². The summed E-state index contributed by atoms with van der Waals surface area (Å²) in [6.07, 6.45) is 0. The largest absolute Gasteiger partial charge is 0.388 e. The van der Waals surface area contributed by atoms with Crippen LogP contribution in [0.15, 0.2) is 22.7 Å². The van der Waals surface area contributed by atoms with Gasteiger partial charge in [-0.25, -0.2) is 0 Å². The van der Waals surface area contributed by atoms with E-state index in [1.807, 2.05) is 32.9 Å². The highest BCUT2D eigenvalue weighted by molar-refractivity contribution is 6.03. The molecule has 2 rings (SSSR count). The molecule has 0 fully saturated rings. The second-order valence-corrected chi connectivity index (χ2v) is 4.56. The number of carbonyl (C=O) groups excluding carboxylic acids is 1. The van der Waals surface area contributed by atoms with Crippen molar-refractivity contribution in [2.24, 2.45) is 0 Å². The quantitative estimate of drug-likeness (QED) is 0.888. The first-order chi connectivity index (χ1) is 9.01. The molecule has 1 aromatic carbocycles. The van der Waals surface area contributed by atoms with Gasteiger partial charge in [0.2, 0.25) is 0 Å². The summed E-state index contributed by atoms with van der Waals surface area (Å²) in [4.78, 5) is 12.0. The Balaban J connectivity index is 2.24. The lowest BCUT2D eigenvalue weighted by Gasteiger charge is -2.11. The van der Waals surface area contributed by atoms with Crippen LogP contribution in [0.5, 0.6) is 0 Å². The van der Waals surface area contributed by atoms with Crippen LogP contribution < -0.4 is 5.32 Å². The van der Waals surface area contributed by atoms with Gasteiger partial charge in [0.1, 0.15) is 6.61 Å². The Hall–Kier alpha value is -2.14. The third-order valence-electron chi connectivity index (χ3n) is 2.86. The fraction of sp³-hybridized carbons (Fsp3) is 0.286. The minimum absolute atomic E-state index is 0.156. The molecule has 1 amide bonds. The molecule has 0 spiro atoms. The number of hydrogen-bond acceptors (Lipinski definition) is 4. The number of nitrogens with one attached hydrogen (secondary N) is 1. The van der Waals surface area contributed by atoms with E-state index in [2.05, 4.69) is 10.5 Å². The molecule has 0 aliphatic heterocycles. The van der Waals surface area contributed by atoms with Crippen molar-refractivity contribution in [1.29, 1.82) is 0 Å². The highest BCUT2D eigenvalue weighted by Gasteiger charge is 2.14. The highest BCUT2D eigenvalue weighted by Crippen LogP contribution is 2.22. The van der Waals surface area contributed by atoms with Crippen LogP contribution in [-0.2, 0) is 6.61 Å². The molecule has 0 bridgehead atoms. The normalized spacial score (nSPS) is 10.5. The molecule has 1 aromatic heterocycles. The van der Waals surface area contributed by atoms with Crippen molar-refractivity contribution < 1.29 is 14.4 Å². The topological polar surface area (TPSA) is 75.4 Å². The number of benzene rings is 1. The van der Waals surface area contributed by atoms with Gasteiger partial charge in [-0.2, -0.15) is 0 Å². The lowest BCUT2D eigenvalue weighted by molar-refractivity contribution is 0.101. The van der Waals surface area contributed by atoms with Crippen LogP contribution in [0.2, 0.25) is 0 Å². The third kappa shape index (κ3) is 2.82. The Bertz CT molecular complexity index is 594. The lowest BCUT2D eigenvalue weighted by Crippen LogP contribution is -2.14. The SMILES string of the molecule is Cc1cc(C)c(NC(=O)c2cc(CO)on2)c(C)c1. The van der Waals surface area contributed by atoms with Gasteiger partial charge in [0.25, 0.3) is 5.91 Å². The zero-order valence-corrected chi connectivity index (χ0v) is 11.2. The number of hydrogen-bond donors (Lipinski definition) is 2. The first kappa shape index (κ1) is 13.3. The van der Waals surface area contributed by atoms with Gasteiger partial charge in [0.05, 0.1) is 0 Å². The van der Waals surface area contributed by atoms with Gasteiger partial charge in [0.15, 0.2) is 11.5 Å². The third-order valence-corrected chi connectivity index (χ3v) is 2.86. The average Bonchev–Trinajstić information content (AvgIpc) is 2.82. The summed E-state index contributed by atoms with van der Waals surface area (Å²) in [5.41, 5.74) is 4.08. The molecule has 2 aromatic rings. The molecule has 2 N–H and O–H groups in total. The molecule has 0 aliphatic rings. The maximum atomic E-state index is 12.0. The van der Waals surface area contributed by atoms with Gasteiger partial charge in [-0.15, -0.1) is 0 Å². The van der Waals surface area contributed by atoms with E-state index in [1.54, 1.807) is 0 Å². The van der Waals surface area contributed by atoms with E-state index in [0.717, 1.165) is 22.4 Å². The summed E-state index contributed by atoms with van der Waals surface area (Å²) in [6, 6.07) is 5.43. The Morgan fingerprint density at radius 3 is 2.42 bits per heavy atom. The molecule has 100 valence electrons. The van der Waals surface area contributed by atoms with E-state index in [1.165, 1.54) is 6.07 Å². The van der Waals surface area contributed by atoms with E-state index in [0.29, 0.717) is 0 Å². The summed E-state index contributed by atoms with van der Waals surface area (Å²) in [6.45, 7) is 5.62. The first-order valence-corrected chi connectivity index (χ1v) is 5.97. The molecule has 0 aliphatic carbocycles. The summed E-state index contributed by atoms with van der Waals surface area (Å²) < 4.78 is 4.79. The first-order valence-electron chi connectivity index (χ1n) is 5.97. The van der Waals surface area contributed by atoms with Crippen LogP contribution >= 0.6 is 0 Å². The van der Waals surface area contributed by atoms with Crippen LogP contribution in [0.25, 0.3) is 0 Å². The number of aromatic nitrogens is 1. The van der Waals surface area contributed by atoms with Crippen molar-refractivity contribution in [3.05, 3.63) is 46.3 Å². The molecule has 0 atom stereocenters. The van der Waals surface area contributed by atoms with Crippen molar-refractivity contribution >= 4 is 11.6 Å². The highest BCUT2D eigenvalue weighted by atomic mass is 16.5. The van der Waals surface area contributed by atoms with Gasteiger partial charge in [-0.1, -0.05) is 22.9 Å². The maximum absolute atomic E-state index is 12.0. The van der Waals surface area contributed by atoms with Crippen molar-refractivity contribution in [3.63, 3.8) is 0 Å². The summed E-state index contributed by atoms with van der Waals surface area (Å²) >= 11 is 0. The number of aliphatic hydroxyl groups is 1. The van der Waals surface area contributed by atoms with Gasteiger partial charge in [-0.05, 0) is 31.9 Å². The number of rotatable bonds is 3. The molecule has 0 saturated heterocycles. The van der Waals surface area contributed by atoms with E-state index in [9.17, 15) is 4.79 Å². The minimum Gasteiger partial charge on any atom is -0.388 e. The number of amides is 1. The van der Waals surface area contributed by atoms with E-state index < -0.39 is 0 Å². The predicted octanol–water partition coefficient (Wildman–Crippen LogP) is 2.34. The molecule has 19 heavy (non-hydrogen) atoms. The molecule has 0 unspecified atom stereocenters. The van der Waals surface area contributed by atoms with E-state index in [-0.39, 0.29) is 24.0 Å². The predicted molar refractivity (Wildman–Crippen MR) is 71.0 cm³/mol. The average molecular weight is 260 g/mol. The molecule has 0 saturated carbocycles. The molecule has 0 radical (unpaired) electrons. The monoisotopic (exact) mass is 260 g/mol. The van der Waals surface area contributed by atoms with E-state index >= 15 is 0 Å². The van der Waals surface area contributed by atoms with Gasteiger partial charge >= 0.3 is 0 Å². The van der Waals surface area contributed by atoms with Gasteiger partial charge in [0, 0.05) is 11.8 Å². The van der Waals surface area contributed by atoms with Crippen LogP contribution in [-0.4, -0.2) is 16.2 Å². The maximum Gasteiger partial charge on any atom is 0.277 e. The molecule has 5 nitrogen and oxygen atoms in total. The molecular formula is C14H16N2O3. The molecule has 5 heteroatoms. The smallest absolute Gasteiger partial charge is 0.277 e. The second kappa shape index (κ2) is 5.24. The fourth-order valence-corrected chi connectivity index (χ4v) is 2.05. The van der Waals surface area contributed by atoms with Crippen LogP contribution in [0, 0.1) is 20.8 Å². The van der Waals surface area contributed by atoms with Gasteiger partial charge < -0.3 is 14.9 Å². The standard InChI is InChI=1S/C14H16N2O3/c1-8-4-9(2)13(10(3)5-8)15-14(18)12-6-11(7-17)19-16-12/h4-6,17H,7H2,1-3H3,(H,15,18). The summed E-state index contributed by atoms with van der Waals surface area (Å²) in [7, 11) is 0.